The van der Waals surface area contributed by atoms with E-state index >= 15 is 0 Å². The highest BCUT2D eigenvalue weighted by atomic mass is 16.4. The van der Waals surface area contributed by atoms with E-state index in [9.17, 15) is 10.0 Å². The van der Waals surface area contributed by atoms with Gasteiger partial charge in [0.2, 0.25) is 0 Å². The molecule has 0 bridgehead atoms. The molecule has 202 valence electrons. The van der Waals surface area contributed by atoms with Crippen molar-refractivity contribution in [3.63, 3.8) is 0 Å². The highest BCUT2D eigenvalue weighted by molar-refractivity contribution is 6.59. The van der Waals surface area contributed by atoms with Gasteiger partial charge < -0.3 is 14.5 Å². The maximum Gasteiger partial charge on any atom is 0.488 e. The number of hydrogen-bond acceptors (Lipinski definition) is 2. The molecule has 0 saturated heterocycles. The second-order valence-electron chi connectivity index (χ2n) is 11.0. The van der Waals surface area contributed by atoms with Gasteiger partial charge in [0.15, 0.2) is 0 Å². The summed E-state index contributed by atoms with van der Waals surface area (Å²) in [5.74, 6) is 0. The second kappa shape index (κ2) is 21.3. The highest BCUT2D eigenvalue weighted by Gasteiger charge is 2.29. The van der Waals surface area contributed by atoms with Crippen LogP contribution in [0, 0.1) is 0 Å². The zero-order chi connectivity index (χ0) is 25.6. The van der Waals surface area contributed by atoms with Crippen LogP contribution in [-0.2, 0) is 6.54 Å². The molecule has 0 amide bonds. The van der Waals surface area contributed by atoms with Crippen LogP contribution >= 0.6 is 0 Å². The van der Waals surface area contributed by atoms with Gasteiger partial charge in [-0.25, -0.2) is 0 Å². The first-order valence-corrected chi connectivity index (χ1v) is 15.4. The number of unbranched alkanes of at least 4 members (excludes halogenated alkanes) is 15. The Hall–Kier alpha value is -0.835. The number of benzene rings is 1. The summed E-state index contributed by atoms with van der Waals surface area (Å²) in [7, 11) is -1.38. The van der Waals surface area contributed by atoms with Crippen LogP contribution in [0.1, 0.15) is 142 Å². The van der Waals surface area contributed by atoms with Crippen molar-refractivity contribution in [2.45, 2.75) is 143 Å². The van der Waals surface area contributed by atoms with E-state index in [4.69, 9.17) is 0 Å². The van der Waals surface area contributed by atoms with Gasteiger partial charge in [0.25, 0.3) is 0 Å². The first-order valence-electron chi connectivity index (χ1n) is 15.4. The fourth-order valence-corrected chi connectivity index (χ4v) is 5.55. The molecule has 0 atom stereocenters. The second-order valence-corrected chi connectivity index (χ2v) is 11.0. The van der Waals surface area contributed by atoms with Gasteiger partial charge in [0.05, 0.1) is 19.6 Å². The Morgan fingerprint density at radius 3 is 1.31 bits per heavy atom. The van der Waals surface area contributed by atoms with Crippen LogP contribution < -0.4 is 5.46 Å². The normalized spacial score (nSPS) is 11.8. The molecule has 1 rings (SSSR count). The molecule has 0 aliphatic heterocycles. The summed E-state index contributed by atoms with van der Waals surface area (Å²) in [4.78, 5) is 0. The Labute approximate surface area is 219 Å². The van der Waals surface area contributed by atoms with E-state index in [1.165, 1.54) is 135 Å². The molecule has 0 aliphatic carbocycles. The van der Waals surface area contributed by atoms with E-state index < -0.39 is 7.12 Å². The zero-order valence-corrected chi connectivity index (χ0v) is 23.8. The lowest BCUT2D eigenvalue weighted by molar-refractivity contribution is -0.941. The molecule has 1 aromatic rings. The average Bonchev–Trinajstić information content (AvgIpc) is 2.86. The van der Waals surface area contributed by atoms with Gasteiger partial charge >= 0.3 is 7.12 Å². The number of quaternary nitrogens is 1. The standard InChI is InChI=1S/C31H59BNO2/c1-4-7-10-13-16-21-26-33(27-22-17-14-11-8-5-2,28-23-18-15-12-9-6-3)29-30-24-19-20-25-31(30)32(34)35/h19-20,24-25,34-35H,4-18,21-23,26-29H2,1-3H3/q+1. The van der Waals surface area contributed by atoms with E-state index in [1.54, 1.807) is 0 Å². The maximum absolute atomic E-state index is 10.0. The summed E-state index contributed by atoms with van der Waals surface area (Å²) in [6.07, 6.45) is 24.0. The van der Waals surface area contributed by atoms with Gasteiger partial charge in [-0.2, -0.15) is 0 Å². The predicted octanol–water partition coefficient (Wildman–Crippen LogP) is 7.76. The largest absolute Gasteiger partial charge is 0.488 e. The Kier molecular flexibility index (Phi) is 19.6. The summed E-state index contributed by atoms with van der Waals surface area (Å²) >= 11 is 0. The van der Waals surface area contributed by atoms with Crippen LogP contribution in [0.3, 0.4) is 0 Å². The lowest BCUT2D eigenvalue weighted by Gasteiger charge is -2.40. The fraction of sp³-hybridized carbons (Fsp3) is 0.806. The van der Waals surface area contributed by atoms with Crippen LogP contribution in [0.4, 0.5) is 0 Å². The minimum Gasteiger partial charge on any atom is -0.423 e. The first kappa shape index (κ1) is 32.2. The molecule has 0 radical (unpaired) electrons. The van der Waals surface area contributed by atoms with Crippen LogP contribution in [0.5, 0.6) is 0 Å². The maximum atomic E-state index is 10.0. The lowest BCUT2D eigenvalue weighted by Crippen LogP contribution is -2.51. The van der Waals surface area contributed by atoms with Crippen molar-refractivity contribution in [1.29, 1.82) is 0 Å². The minimum atomic E-state index is -1.38. The number of rotatable bonds is 24. The topological polar surface area (TPSA) is 40.5 Å². The van der Waals surface area contributed by atoms with E-state index in [1.807, 2.05) is 12.1 Å². The van der Waals surface area contributed by atoms with Crippen molar-refractivity contribution in [3.05, 3.63) is 29.8 Å². The molecule has 2 N–H and O–H groups in total. The van der Waals surface area contributed by atoms with Crippen molar-refractivity contribution in [3.8, 4) is 0 Å². The van der Waals surface area contributed by atoms with Crippen molar-refractivity contribution in [1.82, 2.24) is 0 Å². The summed E-state index contributed by atoms with van der Waals surface area (Å²) in [5.41, 5.74) is 1.83. The molecule has 0 saturated carbocycles. The van der Waals surface area contributed by atoms with Crippen molar-refractivity contribution in [2.24, 2.45) is 0 Å². The Bertz CT molecular complexity index is 567. The zero-order valence-electron chi connectivity index (χ0n) is 23.8. The van der Waals surface area contributed by atoms with Crippen LogP contribution in [0.15, 0.2) is 24.3 Å². The molecule has 0 aliphatic rings. The molecule has 1 aromatic carbocycles. The smallest absolute Gasteiger partial charge is 0.423 e. The molecule has 0 fully saturated rings. The summed E-state index contributed by atoms with van der Waals surface area (Å²) < 4.78 is 1.12. The van der Waals surface area contributed by atoms with Crippen LogP contribution in [0.25, 0.3) is 0 Å². The van der Waals surface area contributed by atoms with Gasteiger partial charge in [-0.1, -0.05) is 122 Å². The van der Waals surface area contributed by atoms with E-state index in [0.29, 0.717) is 5.46 Å². The van der Waals surface area contributed by atoms with E-state index in [0.717, 1.165) is 16.6 Å². The van der Waals surface area contributed by atoms with Crippen molar-refractivity contribution in [2.75, 3.05) is 19.6 Å². The summed E-state index contributed by atoms with van der Waals surface area (Å²) in [6, 6.07) is 8.03. The van der Waals surface area contributed by atoms with Gasteiger partial charge in [0.1, 0.15) is 6.54 Å². The molecular formula is C31H59BNO2+. The molecule has 0 heterocycles. The van der Waals surface area contributed by atoms with Gasteiger partial charge in [-0.05, 0) is 44.0 Å². The molecule has 3 nitrogen and oxygen atoms in total. The fourth-order valence-electron chi connectivity index (χ4n) is 5.55. The van der Waals surface area contributed by atoms with Gasteiger partial charge in [-0.15, -0.1) is 0 Å². The van der Waals surface area contributed by atoms with Gasteiger partial charge in [0, 0.05) is 5.56 Å². The van der Waals surface area contributed by atoms with E-state index in [2.05, 4.69) is 32.9 Å². The third-order valence-electron chi connectivity index (χ3n) is 7.80. The molecule has 35 heavy (non-hydrogen) atoms. The highest BCUT2D eigenvalue weighted by Crippen LogP contribution is 2.22. The number of nitrogens with zero attached hydrogens (tertiary/aromatic N) is 1. The third-order valence-corrected chi connectivity index (χ3v) is 7.80. The van der Waals surface area contributed by atoms with Crippen molar-refractivity contribution < 1.29 is 14.5 Å². The SMILES string of the molecule is CCCCCCCC[N+](CCCCCCCC)(CCCCCCCC)Cc1ccccc1B(O)O. The predicted molar refractivity (Wildman–Crippen MR) is 155 cm³/mol. The summed E-state index contributed by atoms with van der Waals surface area (Å²) in [6.45, 7) is 11.5. The lowest BCUT2D eigenvalue weighted by atomic mass is 9.76. The summed E-state index contributed by atoms with van der Waals surface area (Å²) in [5, 5.41) is 20.1. The average molecular weight is 489 g/mol. The van der Waals surface area contributed by atoms with Crippen LogP contribution in [0.2, 0.25) is 0 Å². The molecular weight excluding hydrogens is 429 g/mol. The minimum absolute atomic E-state index is 0.698. The molecule has 0 spiro atoms. The number of hydrogen-bond donors (Lipinski definition) is 2. The Balaban J connectivity index is 2.92. The van der Waals surface area contributed by atoms with Crippen molar-refractivity contribution >= 4 is 12.6 Å². The molecule has 0 unspecified atom stereocenters. The third kappa shape index (κ3) is 15.1. The van der Waals surface area contributed by atoms with Crippen LogP contribution in [-0.4, -0.2) is 41.3 Å². The Morgan fingerprint density at radius 2 is 0.914 bits per heavy atom. The molecule has 0 aromatic heterocycles. The molecule has 4 heteroatoms. The first-order chi connectivity index (χ1) is 17.1. The van der Waals surface area contributed by atoms with Gasteiger partial charge in [-0.3, -0.25) is 0 Å². The Morgan fingerprint density at radius 1 is 0.543 bits per heavy atom. The quantitative estimate of drug-likeness (QED) is 0.0887. The monoisotopic (exact) mass is 488 g/mol. The van der Waals surface area contributed by atoms with E-state index in [-0.39, 0.29) is 0 Å².